The van der Waals surface area contributed by atoms with Crippen LogP contribution in [-0.2, 0) is 12.7 Å². The monoisotopic (exact) mass is 258 g/mol. The zero-order valence-electron chi connectivity index (χ0n) is 8.66. The Morgan fingerprint density at radius 2 is 2.06 bits per heavy atom. The highest BCUT2D eigenvalue weighted by Gasteiger charge is 2.30. The van der Waals surface area contributed by atoms with E-state index in [1.54, 1.807) is 11.4 Å². The van der Waals surface area contributed by atoms with Gasteiger partial charge < -0.3 is 5.73 Å². The Labute approximate surface area is 99.9 Å². The SMILES string of the molecule is NCc1csc(-c2cccc(C(F)(F)F)c2)n1. The Hall–Kier alpha value is -1.40. The van der Waals surface area contributed by atoms with E-state index in [1.165, 1.54) is 17.4 Å². The number of nitrogens with zero attached hydrogens (tertiary/aromatic N) is 1. The van der Waals surface area contributed by atoms with Crippen LogP contribution in [0.4, 0.5) is 13.2 Å². The minimum atomic E-state index is -4.33. The summed E-state index contributed by atoms with van der Waals surface area (Å²) in [6, 6.07) is 5.12. The van der Waals surface area contributed by atoms with Gasteiger partial charge in [-0.3, -0.25) is 0 Å². The lowest BCUT2D eigenvalue weighted by atomic mass is 10.1. The highest BCUT2D eigenvalue weighted by molar-refractivity contribution is 7.13. The van der Waals surface area contributed by atoms with E-state index in [2.05, 4.69) is 4.98 Å². The third kappa shape index (κ3) is 2.65. The lowest BCUT2D eigenvalue weighted by Gasteiger charge is -2.07. The first kappa shape index (κ1) is 12.1. The van der Waals surface area contributed by atoms with Crippen LogP contribution in [0.2, 0.25) is 0 Å². The molecule has 90 valence electrons. The van der Waals surface area contributed by atoms with Gasteiger partial charge in [-0.2, -0.15) is 13.2 Å². The molecule has 17 heavy (non-hydrogen) atoms. The number of nitrogens with two attached hydrogens (primary N) is 1. The summed E-state index contributed by atoms with van der Waals surface area (Å²) in [4.78, 5) is 4.15. The Morgan fingerprint density at radius 1 is 1.29 bits per heavy atom. The van der Waals surface area contributed by atoms with Gasteiger partial charge >= 0.3 is 6.18 Å². The van der Waals surface area contributed by atoms with Gasteiger partial charge in [-0.25, -0.2) is 4.98 Å². The smallest absolute Gasteiger partial charge is 0.325 e. The normalized spacial score (nSPS) is 11.8. The van der Waals surface area contributed by atoms with Crippen LogP contribution >= 0.6 is 11.3 Å². The van der Waals surface area contributed by atoms with Crippen molar-refractivity contribution >= 4 is 11.3 Å². The van der Waals surface area contributed by atoms with Gasteiger partial charge in [-0.1, -0.05) is 12.1 Å². The number of halogens is 3. The van der Waals surface area contributed by atoms with Gasteiger partial charge in [0.25, 0.3) is 0 Å². The summed E-state index contributed by atoms with van der Waals surface area (Å²) in [5.41, 5.74) is 5.88. The van der Waals surface area contributed by atoms with E-state index < -0.39 is 11.7 Å². The molecule has 1 heterocycles. The summed E-state index contributed by atoms with van der Waals surface area (Å²) < 4.78 is 37.6. The van der Waals surface area contributed by atoms with E-state index in [9.17, 15) is 13.2 Å². The molecule has 2 N–H and O–H groups in total. The molecular weight excluding hydrogens is 249 g/mol. The first-order valence-corrected chi connectivity index (χ1v) is 5.71. The van der Waals surface area contributed by atoms with Crippen LogP contribution in [0.15, 0.2) is 29.6 Å². The quantitative estimate of drug-likeness (QED) is 0.897. The second-order valence-corrected chi connectivity index (χ2v) is 4.28. The summed E-state index contributed by atoms with van der Waals surface area (Å²) >= 11 is 1.29. The molecular formula is C11H9F3N2S. The average molecular weight is 258 g/mol. The van der Waals surface area contributed by atoms with Crippen molar-refractivity contribution in [2.75, 3.05) is 0 Å². The second kappa shape index (κ2) is 4.46. The molecule has 0 bridgehead atoms. The van der Waals surface area contributed by atoms with Crippen molar-refractivity contribution < 1.29 is 13.2 Å². The van der Waals surface area contributed by atoms with Crippen LogP contribution in [0.1, 0.15) is 11.3 Å². The lowest BCUT2D eigenvalue weighted by molar-refractivity contribution is -0.137. The van der Waals surface area contributed by atoms with Crippen LogP contribution in [0.25, 0.3) is 10.6 Å². The second-order valence-electron chi connectivity index (χ2n) is 3.43. The summed E-state index contributed by atoms with van der Waals surface area (Å²) in [6.45, 7) is 0.287. The first-order chi connectivity index (χ1) is 8.00. The standard InChI is InChI=1S/C11H9F3N2S/c12-11(13,14)8-3-1-2-7(4-8)10-16-9(5-15)6-17-10/h1-4,6H,5,15H2. The van der Waals surface area contributed by atoms with Gasteiger partial charge in [0.1, 0.15) is 5.01 Å². The van der Waals surface area contributed by atoms with E-state index >= 15 is 0 Å². The summed E-state index contributed by atoms with van der Waals surface area (Å²) in [5.74, 6) is 0. The molecule has 0 saturated heterocycles. The molecule has 0 aliphatic carbocycles. The third-order valence-corrected chi connectivity index (χ3v) is 3.14. The number of rotatable bonds is 2. The van der Waals surface area contributed by atoms with E-state index in [0.717, 1.165) is 12.1 Å². The van der Waals surface area contributed by atoms with Crippen molar-refractivity contribution in [1.82, 2.24) is 4.98 Å². The van der Waals surface area contributed by atoms with Crippen molar-refractivity contribution in [2.24, 2.45) is 5.73 Å². The molecule has 0 radical (unpaired) electrons. The largest absolute Gasteiger partial charge is 0.416 e. The fourth-order valence-corrected chi connectivity index (χ4v) is 2.19. The maximum absolute atomic E-state index is 12.5. The molecule has 0 fully saturated rings. The van der Waals surface area contributed by atoms with E-state index in [1.807, 2.05) is 0 Å². The number of hydrogen-bond acceptors (Lipinski definition) is 3. The number of aromatic nitrogens is 1. The van der Waals surface area contributed by atoms with Crippen LogP contribution < -0.4 is 5.73 Å². The van der Waals surface area contributed by atoms with Crippen molar-refractivity contribution in [1.29, 1.82) is 0 Å². The Kier molecular flexibility index (Phi) is 3.17. The molecule has 1 aromatic carbocycles. The average Bonchev–Trinajstić information content (AvgIpc) is 2.76. The van der Waals surface area contributed by atoms with E-state index in [4.69, 9.17) is 5.73 Å². The minimum Gasteiger partial charge on any atom is -0.325 e. The van der Waals surface area contributed by atoms with Crippen LogP contribution in [0, 0.1) is 0 Å². The van der Waals surface area contributed by atoms with Crippen molar-refractivity contribution in [3.63, 3.8) is 0 Å². The van der Waals surface area contributed by atoms with Gasteiger partial charge in [0.05, 0.1) is 11.3 Å². The lowest BCUT2D eigenvalue weighted by Crippen LogP contribution is -2.04. The third-order valence-electron chi connectivity index (χ3n) is 2.20. The van der Waals surface area contributed by atoms with Crippen LogP contribution in [-0.4, -0.2) is 4.98 Å². The van der Waals surface area contributed by atoms with Gasteiger partial charge in [0.2, 0.25) is 0 Å². The van der Waals surface area contributed by atoms with Crippen LogP contribution in [0.3, 0.4) is 0 Å². The number of hydrogen-bond donors (Lipinski definition) is 1. The van der Waals surface area contributed by atoms with E-state index in [-0.39, 0.29) is 6.54 Å². The predicted octanol–water partition coefficient (Wildman–Crippen LogP) is 3.29. The number of alkyl halides is 3. The van der Waals surface area contributed by atoms with Gasteiger partial charge in [-0.05, 0) is 12.1 Å². The zero-order valence-corrected chi connectivity index (χ0v) is 9.48. The molecule has 1 aromatic heterocycles. The number of benzene rings is 1. The summed E-state index contributed by atoms with van der Waals surface area (Å²) in [7, 11) is 0. The van der Waals surface area contributed by atoms with Crippen molar-refractivity contribution in [3.8, 4) is 10.6 Å². The molecule has 0 atom stereocenters. The predicted molar refractivity (Wildman–Crippen MR) is 60.4 cm³/mol. The molecule has 2 rings (SSSR count). The maximum atomic E-state index is 12.5. The fraction of sp³-hybridized carbons (Fsp3) is 0.182. The van der Waals surface area contributed by atoms with Gasteiger partial charge in [0.15, 0.2) is 0 Å². The molecule has 0 aliphatic rings. The number of thiazole rings is 1. The van der Waals surface area contributed by atoms with Crippen LogP contribution in [0.5, 0.6) is 0 Å². The molecule has 6 heteroatoms. The molecule has 2 aromatic rings. The first-order valence-electron chi connectivity index (χ1n) is 4.83. The Bertz CT molecular complexity index is 519. The highest BCUT2D eigenvalue weighted by atomic mass is 32.1. The minimum absolute atomic E-state index is 0.287. The topological polar surface area (TPSA) is 38.9 Å². The summed E-state index contributed by atoms with van der Waals surface area (Å²) in [6.07, 6.45) is -4.33. The maximum Gasteiger partial charge on any atom is 0.416 e. The molecule has 0 unspecified atom stereocenters. The van der Waals surface area contributed by atoms with Gasteiger partial charge in [0, 0.05) is 17.5 Å². The van der Waals surface area contributed by atoms with Gasteiger partial charge in [-0.15, -0.1) is 11.3 Å². The zero-order chi connectivity index (χ0) is 12.5. The fourth-order valence-electron chi connectivity index (χ4n) is 1.36. The molecule has 2 nitrogen and oxygen atoms in total. The molecule has 0 saturated carbocycles. The summed E-state index contributed by atoms with van der Waals surface area (Å²) in [5, 5.41) is 2.30. The Balaban J connectivity index is 2.39. The van der Waals surface area contributed by atoms with Crippen molar-refractivity contribution in [2.45, 2.75) is 12.7 Å². The van der Waals surface area contributed by atoms with Crippen molar-refractivity contribution in [3.05, 3.63) is 40.9 Å². The Morgan fingerprint density at radius 3 is 2.65 bits per heavy atom. The molecule has 0 amide bonds. The highest BCUT2D eigenvalue weighted by Crippen LogP contribution is 2.32. The molecule has 0 aliphatic heterocycles. The molecule has 0 spiro atoms. The van der Waals surface area contributed by atoms with E-state index in [0.29, 0.717) is 16.3 Å².